The first kappa shape index (κ1) is 20.3. The molecule has 4 rings (SSSR count). The van der Waals surface area contributed by atoms with E-state index in [9.17, 15) is 14.4 Å². The Hall–Kier alpha value is -2.95. The predicted octanol–water partition coefficient (Wildman–Crippen LogP) is 4.28. The smallest absolute Gasteiger partial charge is 0.306 e. The number of unbranched alkanes of at least 4 members (excludes halogenated alkanes) is 1. The molecule has 0 atom stereocenters. The molecule has 2 aromatic rings. The lowest BCUT2D eigenvalue weighted by Gasteiger charge is -2.08. The fourth-order valence-corrected chi connectivity index (χ4v) is 4.04. The number of esters is 1. The maximum absolute atomic E-state index is 12.0. The summed E-state index contributed by atoms with van der Waals surface area (Å²) in [5.41, 5.74) is 4.82. The summed E-state index contributed by atoms with van der Waals surface area (Å²) in [6.45, 7) is 0.890. The quantitative estimate of drug-likeness (QED) is 0.459. The van der Waals surface area contributed by atoms with Gasteiger partial charge in [-0.2, -0.15) is 0 Å². The van der Waals surface area contributed by atoms with Crippen molar-refractivity contribution in [3.8, 4) is 5.75 Å². The zero-order valence-corrected chi connectivity index (χ0v) is 17.1. The van der Waals surface area contributed by atoms with Crippen LogP contribution in [0.15, 0.2) is 36.4 Å². The number of hydrogen-bond donors (Lipinski definition) is 0. The fraction of sp³-hybridized carbons (Fsp3) is 0.400. The van der Waals surface area contributed by atoms with E-state index in [0.717, 1.165) is 53.5 Å². The molecule has 0 heterocycles. The van der Waals surface area contributed by atoms with Crippen LogP contribution in [-0.2, 0) is 28.8 Å². The molecular formula is C25H26O5. The van der Waals surface area contributed by atoms with Gasteiger partial charge in [-0.25, -0.2) is 0 Å². The molecule has 0 amide bonds. The SMILES string of the molecule is O=C(CCc1ccc2c(c1)C(=O)CC2)OCCCCOc1ccc2c(c1)C(=O)CC2. The summed E-state index contributed by atoms with van der Waals surface area (Å²) < 4.78 is 11.0. The van der Waals surface area contributed by atoms with Gasteiger partial charge in [0.2, 0.25) is 0 Å². The Labute approximate surface area is 176 Å². The fourth-order valence-electron chi connectivity index (χ4n) is 4.04. The number of rotatable bonds is 9. The molecule has 0 saturated carbocycles. The molecule has 0 unspecified atom stereocenters. The third-order valence-electron chi connectivity index (χ3n) is 5.79. The highest BCUT2D eigenvalue weighted by molar-refractivity contribution is 6.01. The summed E-state index contributed by atoms with van der Waals surface area (Å²) in [7, 11) is 0. The maximum Gasteiger partial charge on any atom is 0.306 e. The van der Waals surface area contributed by atoms with E-state index in [4.69, 9.17) is 9.47 Å². The third kappa shape index (κ3) is 4.78. The third-order valence-corrected chi connectivity index (χ3v) is 5.79. The standard InChI is InChI=1S/C25H26O5/c26-23-10-7-18-5-3-17(15-21(18)23)4-12-25(28)30-14-2-1-13-29-20-9-6-19-8-11-24(27)22(19)16-20/h3,5-6,9,15-16H,1-2,4,7-8,10-14H2. The summed E-state index contributed by atoms with van der Waals surface area (Å²) in [5, 5.41) is 0. The van der Waals surface area contributed by atoms with Gasteiger partial charge in [-0.15, -0.1) is 0 Å². The van der Waals surface area contributed by atoms with Gasteiger partial charge in [0.25, 0.3) is 0 Å². The molecule has 2 aliphatic carbocycles. The molecule has 0 saturated heterocycles. The predicted molar refractivity (Wildman–Crippen MR) is 112 cm³/mol. The molecule has 5 heteroatoms. The normalized spacial score (nSPS) is 14.5. The van der Waals surface area contributed by atoms with Gasteiger partial charge in [0.15, 0.2) is 11.6 Å². The molecule has 0 fully saturated rings. The van der Waals surface area contributed by atoms with Crippen LogP contribution >= 0.6 is 0 Å². The zero-order chi connectivity index (χ0) is 20.9. The maximum atomic E-state index is 12.0. The van der Waals surface area contributed by atoms with E-state index >= 15 is 0 Å². The molecular weight excluding hydrogens is 380 g/mol. The molecule has 0 aromatic heterocycles. The van der Waals surface area contributed by atoms with Gasteiger partial charge in [-0.3, -0.25) is 14.4 Å². The Morgan fingerprint density at radius 1 is 0.800 bits per heavy atom. The molecule has 5 nitrogen and oxygen atoms in total. The van der Waals surface area contributed by atoms with E-state index in [1.54, 1.807) is 0 Å². The van der Waals surface area contributed by atoms with Gasteiger partial charge in [0, 0.05) is 30.4 Å². The second kappa shape index (κ2) is 9.24. The number of ether oxygens (including phenoxy) is 2. The van der Waals surface area contributed by atoms with Crippen molar-refractivity contribution in [2.24, 2.45) is 0 Å². The second-order valence-electron chi connectivity index (χ2n) is 7.93. The monoisotopic (exact) mass is 406 g/mol. The summed E-state index contributed by atoms with van der Waals surface area (Å²) in [5.74, 6) is 0.880. The van der Waals surface area contributed by atoms with Crippen LogP contribution in [0.25, 0.3) is 0 Å². The average molecular weight is 406 g/mol. The van der Waals surface area contributed by atoms with Crippen molar-refractivity contribution < 1.29 is 23.9 Å². The summed E-state index contributed by atoms with van der Waals surface area (Å²) in [4.78, 5) is 35.6. The Balaban J connectivity index is 1.11. The first-order valence-electron chi connectivity index (χ1n) is 10.7. The van der Waals surface area contributed by atoms with Crippen molar-refractivity contribution in [2.45, 2.75) is 51.4 Å². The van der Waals surface area contributed by atoms with Gasteiger partial charge < -0.3 is 9.47 Å². The molecule has 0 aliphatic heterocycles. The molecule has 0 bridgehead atoms. The summed E-state index contributed by atoms with van der Waals surface area (Å²) in [6, 6.07) is 11.6. The first-order valence-corrected chi connectivity index (χ1v) is 10.7. The molecule has 30 heavy (non-hydrogen) atoms. The van der Waals surface area contributed by atoms with Gasteiger partial charge >= 0.3 is 5.97 Å². The molecule has 0 radical (unpaired) electrons. The first-order chi connectivity index (χ1) is 14.6. The number of fused-ring (bicyclic) bond motifs is 2. The Bertz CT molecular complexity index is 975. The largest absolute Gasteiger partial charge is 0.494 e. The lowest BCUT2D eigenvalue weighted by atomic mass is 10.0. The van der Waals surface area contributed by atoms with Crippen molar-refractivity contribution in [1.82, 2.24) is 0 Å². The molecule has 156 valence electrons. The number of carbonyl (C=O) groups excluding carboxylic acids is 3. The van der Waals surface area contributed by atoms with E-state index < -0.39 is 0 Å². The Kier molecular flexibility index (Phi) is 6.26. The highest BCUT2D eigenvalue weighted by atomic mass is 16.5. The number of aryl methyl sites for hydroxylation is 3. The highest BCUT2D eigenvalue weighted by Gasteiger charge is 2.20. The van der Waals surface area contributed by atoms with Crippen molar-refractivity contribution >= 4 is 17.5 Å². The highest BCUT2D eigenvalue weighted by Crippen LogP contribution is 2.26. The minimum atomic E-state index is -0.222. The minimum absolute atomic E-state index is 0.189. The number of hydrogen-bond acceptors (Lipinski definition) is 5. The zero-order valence-electron chi connectivity index (χ0n) is 17.1. The topological polar surface area (TPSA) is 69.7 Å². The van der Waals surface area contributed by atoms with Crippen molar-refractivity contribution in [2.75, 3.05) is 13.2 Å². The van der Waals surface area contributed by atoms with Crippen LogP contribution in [0.5, 0.6) is 5.75 Å². The lowest BCUT2D eigenvalue weighted by Crippen LogP contribution is -2.08. The Morgan fingerprint density at radius 3 is 2.23 bits per heavy atom. The van der Waals surface area contributed by atoms with E-state index in [0.29, 0.717) is 44.6 Å². The van der Waals surface area contributed by atoms with Gasteiger partial charge in [0.05, 0.1) is 13.2 Å². The molecule has 0 N–H and O–H groups in total. The van der Waals surface area contributed by atoms with E-state index in [-0.39, 0.29) is 17.5 Å². The summed E-state index contributed by atoms with van der Waals surface area (Å²) in [6.07, 6.45) is 5.22. The molecule has 2 aromatic carbocycles. The molecule has 2 aliphatic rings. The number of Topliss-reactive ketones (excluding diaryl/α,β-unsaturated/α-hetero) is 2. The lowest BCUT2D eigenvalue weighted by molar-refractivity contribution is -0.143. The van der Waals surface area contributed by atoms with Crippen molar-refractivity contribution in [1.29, 1.82) is 0 Å². The van der Waals surface area contributed by atoms with Crippen LogP contribution < -0.4 is 4.74 Å². The second-order valence-corrected chi connectivity index (χ2v) is 7.93. The van der Waals surface area contributed by atoms with E-state index in [1.807, 2.05) is 36.4 Å². The number of ketones is 2. The van der Waals surface area contributed by atoms with Crippen LogP contribution in [0.1, 0.15) is 69.5 Å². The number of carbonyl (C=O) groups is 3. The van der Waals surface area contributed by atoms with Crippen LogP contribution in [0.4, 0.5) is 0 Å². The van der Waals surface area contributed by atoms with Crippen molar-refractivity contribution in [3.63, 3.8) is 0 Å². The van der Waals surface area contributed by atoms with Crippen LogP contribution in [0.2, 0.25) is 0 Å². The van der Waals surface area contributed by atoms with Crippen LogP contribution in [-0.4, -0.2) is 30.7 Å². The minimum Gasteiger partial charge on any atom is -0.494 e. The van der Waals surface area contributed by atoms with Gasteiger partial charge in [-0.05, 0) is 67.0 Å². The van der Waals surface area contributed by atoms with Gasteiger partial charge in [-0.1, -0.05) is 18.2 Å². The summed E-state index contributed by atoms with van der Waals surface area (Å²) >= 11 is 0. The number of benzene rings is 2. The molecule has 0 spiro atoms. The van der Waals surface area contributed by atoms with E-state index in [2.05, 4.69) is 0 Å². The Morgan fingerprint density at radius 2 is 1.47 bits per heavy atom. The van der Waals surface area contributed by atoms with Crippen LogP contribution in [0, 0.1) is 0 Å². The van der Waals surface area contributed by atoms with E-state index in [1.165, 1.54) is 0 Å². The van der Waals surface area contributed by atoms with Crippen LogP contribution in [0.3, 0.4) is 0 Å². The van der Waals surface area contributed by atoms with Gasteiger partial charge in [0.1, 0.15) is 5.75 Å². The van der Waals surface area contributed by atoms with Crippen molar-refractivity contribution in [3.05, 3.63) is 64.2 Å². The average Bonchev–Trinajstić information content (AvgIpc) is 3.31.